The van der Waals surface area contributed by atoms with E-state index in [0.29, 0.717) is 27.6 Å². The summed E-state index contributed by atoms with van der Waals surface area (Å²) in [7, 11) is 1.41. The Morgan fingerprint density at radius 3 is 2.32 bits per heavy atom. The number of ether oxygens (including phenoxy) is 1. The molecule has 1 saturated carbocycles. The van der Waals surface area contributed by atoms with Crippen LogP contribution in [0, 0.1) is 12.7 Å². The number of hydrogen-bond acceptors (Lipinski definition) is 6. The number of fused-ring (bicyclic) bond motifs is 1. The summed E-state index contributed by atoms with van der Waals surface area (Å²) in [4.78, 5) is 35.5. The number of carbonyl (C=O) groups is 2. The van der Waals surface area contributed by atoms with E-state index in [1.807, 2.05) is 0 Å². The molecule has 0 saturated heterocycles. The minimum absolute atomic E-state index is 0.0107. The molecule has 0 unspecified atom stereocenters. The molecule has 1 fully saturated rings. The fourth-order valence-electron chi connectivity index (χ4n) is 6.26. The molecule has 3 aromatic carbocycles. The lowest BCUT2D eigenvalue weighted by Gasteiger charge is -2.46. The number of alkyl halides is 5. The highest BCUT2D eigenvalue weighted by Crippen LogP contribution is 2.43. The van der Waals surface area contributed by atoms with Crippen molar-refractivity contribution in [1.82, 2.24) is 20.6 Å². The molecule has 0 aliphatic heterocycles. The van der Waals surface area contributed by atoms with E-state index in [9.17, 15) is 35.9 Å². The van der Waals surface area contributed by atoms with Crippen molar-refractivity contribution in [3.05, 3.63) is 107 Å². The van der Waals surface area contributed by atoms with Crippen molar-refractivity contribution in [3.8, 4) is 22.5 Å². The number of nitrogens with zero attached hydrogens (tertiary/aromatic N) is 2. The fraction of sp³-hybridized carbons (Fsp3) is 0.278. The fourth-order valence-corrected chi connectivity index (χ4v) is 6.26. The van der Waals surface area contributed by atoms with E-state index in [0.717, 1.165) is 0 Å². The molecule has 2 N–H and O–H groups in total. The van der Waals surface area contributed by atoms with Crippen LogP contribution in [0.5, 0.6) is 0 Å². The first-order chi connectivity index (χ1) is 23.8. The number of nitrogens with one attached hydrogen (secondary N) is 2. The van der Waals surface area contributed by atoms with Crippen LogP contribution in [0.4, 0.5) is 26.3 Å². The first kappa shape index (κ1) is 34.6. The summed E-state index contributed by atoms with van der Waals surface area (Å²) < 4.78 is 90.8. The first-order valence-corrected chi connectivity index (χ1v) is 15.6. The monoisotopic (exact) mass is 696 g/mol. The van der Waals surface area contributed by atoms with Gasteiger partial charge in [-0.3, -0.25) is 9.59 Å². The van der Waals surface area contributed by atoms with E-state index in [4.69, 9.17) is 4.42 Å². The Labute approximate surface area is 281 Å². The molecule has 2 amide bonds. The molecule has 0 atom stereocenters. The third kappa shape index (κ3) is 7.06. The topological polar surface area (TPSA) is 106 Å². The van der Waals surface area contributed by atoms with Gasteiger partial charge in [-0.15, -0.1) is 0 Å². The SMILES string of the molecule is CNC(=O)c1c(-c2ccc(F)cc2)oc2cc(CCC(F)(F)F)c(-c3ccc(C)c(C(=O)NC4(c5ncccn5)CC(OC(F)F)C4)c3)cc12. The zero-order valence-electron chi connectivity index (χ0n) is 26.7. The maximum Gasteiger partial charge on any atom is 0.389 e. The molecule has 5 aromatic rings. The van der Waals surface area contributed by atoms with Gasteiger partial charge in [0, 0.05) is 55.2 Å². The Bertz CT molecular complexity index is 2040. The molecule has 1 aliphatic rings. The van der Waals surface area contributed by atoms with Crippen LogP contribution in [0.3, 0.4) is 0 Å². The number of hydrogen-bond donors (Lipinski definition) is 2. The maximum absolute atomic E-state index is 13.9. The van der Waals surface area contributed by atoms with Crippen molar-refractivity contribution in [1.29, 1.82) is 0 Å². The lowest BCUT2D eigenvalue weighted by atomic mass is 9.73. The smallest absolute Gasteiger partial charge is 0.389 e. The van der Waals surface area contributed by atoms with Crippen molar-refractivity contribution in [2.45, 2.75) is 57.0 Å². The Morgan fingerprint density at radius 2 is 1.68 bits per heavy atom. The molecule has 2 aromatic heterocycles. The summed E-state index contributed by atoms with van der Waals surface area (Å²) in [5, 5.41) is 5.75. The molecule has 1 aliphatic carbocycles. The lowest BCUT2D eigenvalue weighted by molar-refractivity contribution is -0.198. The molecule has 14 heteroatoms. The van der Waals surface area contributed by atoms with Gasteiger partial charge in [0.15, 0.2) is 5.82 Å². The predicted octanol–water partition coefficient (Wildman–Crippen LogP) is 7.89. The average Bonchev–Trinajstić information content (AvgIpc) is 3.44. The van der Waals surface area contributed by atoms with Gasteiger partial charge >= 0.3 is 12.8 Å². The van der Waals surface area contributed by atoms with Crippen LogP contribution >= 0.6 is 0 Å². The number of carbonyl (C=O) groups excluding carboxylic acids is 2. The third-order valence-corrected chi connectivity index (χ3v) is 8.74. The highest BCUT2D eigenvalue weighted by atomic mass is 19.4. The Hall–Kier alpha value is -5.24. The van der Waals surface area contributed by atoms with E-state index in [2.05, 4.69) is 25.3 Å². The van der Waals surface area contributed by atoms with Gasteiger partial charge < -0.3 is 19.8 Å². The summed E-state index contributed by atoms with van der Waals surface area (Å²) in [5.41, 5.74) is 1.06. The second-order valence-corrected chi connectivity index (χ2v) is 12.1. The summed E-state index contributed by atoms with van der Waals surface area (Å²) in [6.45, 7) is -1.32. The third-order valence-electron chi connectivity index (χ3n) is 8.74. The van der Waals surface area contributed by atoms with E-state index in [-0.39, 0.29) is 46.7 Å². The number of halogens is 6. The van der Waals surface area contributed by atoms with Crippen LogP contribution in [0.2, 0.25) is 0 Å². The average molecular weight is 697 g/mol. The van der Waals surface area contributed by atoms with Crippen molar-refractivity contribution in [2.75, 3.05) is 7.05 Å². The van der Waals surface area contributed by atoms with Crippen molar-refractivity contribution in [3.63, 3.8) is 0 Å². The van der Waals surface area contributed by atoms with E-state index in [1.54, 1.807) is 31.2 Å². The molecule has 6 rings (SSSR count). The number of aromatic nitrogens is 2. The van der Waals surface area contributed by atoms with E-state index in [1.165, 1.54) is 55.8 Å². The minimum Gasteiger partial charge on any atom is -0.455 e. The first-order valence-electron chi connectivity index (χ1n) is 15.6. The normalized spacial score (nSPS) is 17.5. The molecule has 260 valence electrons. The molecule has 0 spiro atoms. The highest BCUT2D eigenvalue weighted by molar-refractivity contribution is 6.12. The van der Waals surface area contributed by atoms with Crippen molar-refractivity contribution >= 4 is 22.8 Å². The van der Waals surface area contributed by atoms with Gasteiger partial charge in [0.05, 0.1) is 11.7 Å². The summed E-state index contributed by atoms with van der Waals surface area (Å²) >= 11 is 0. The predicted molar refractivity (Wildman–Crippen MR) is 171 cm³/mol. The largest absolute Gasteiger partial charge is 0.455 e. The molecular formula is C36H30F6N4O4. The van der Waals surface area contributed by atoms with E-state index >= 15 is 0 Å². The quantitative estimate of drug-likeness (QED) is 0.144. The van der Waals surface area contributed by atoms with Gasteiger partial charge in [0.2, 0.25) is 0 Å². The van der Waals surface area contributed by atoms with Gasteiger partial charge in [-0.05, 0) is 84.1 Å². The van der Waals surface area contributed by atoms with Crippen LogP contribution in [0.1, 0.15) is 56.9 Å². The second kappa shape index (κ2) is 13.6. The molecule has 50 heavy (non-hydrogen) atoms. The Morgan fingerprint density at radius 1 is 1.00 bits per heavy atom. The second-order valence-electron chi connectivity index (χ2n) is 12.1. The van der Waals surface area contributed by atoms with E-state index < -0.39 is 54.9 Å². The molecular weight excluding hydrogens is 666 g/mol. The van der Waals surface area contributed by atoms with Crippen LogP contribution < -0.4 is 10.6 Å². The molecule has 0 bridgehead atoms. The zero-order valence-corrected chi connectivity index (χ0v) is 26.7. The number of benzene rings is 3. The van der Waals surface area contributed by atoms with Crippen LogP contribution in [-0.4, -0.2) is 47.7 Å². The number of aryl methyl sites for hydroxylation is 2. The van der Waals surface area contributed by atoms with Gasteiger partial charge in [0.25, 0.3) is 11.8 Å². The Kier molecular flexibility index (Phi) is 9.40. The van der Waals surface area contributed by atoms with Crippen molar-refractivity contribution < 1.29 is 45.1 Å². The lowest BCUT2D eigenvalue weighted by Crippen LogP contribution is -2.58. The summed E-state index contributed by atoms with van der Waals surface area (Å²) in [6.07, 6.45) is -4.01. The number of rotatable bonds is 10. The van der Waals surface area contributed by atoms with Gasteiger partial charge in [0.1, 0.15) is 22.7 Å². The van der Waals surface area contributed by atoms with Gasteiger partial charge in [-0.25, -0.2) is 14.4 Å². The highest BCUT2D eigenvalue weighted by Gasteiger charge is 2.50. The number of furan rings is 1. The van der Waals surface area contributed by atoms with Crippen molar-refractivity contribution in [2.24, 2.45) is 0 Å². The molecule has 8 nitrogen and oxygen atoms in total. The maximum atomic E-state index is 13.9. The van der Waals surface area contributed by atoms with Gasteiger partial charge in [-0.1, -0.05) is 12.1 Å². The van der Waals surface area contributed by atoms with Crippen LogP contribution in [-0.2, 0) is 16.7 Å². The Balaban J connectivity index is 1.44. The molecule has 2 heterocycles. The van der Waals surface area contributed by atoms with Crippen LogP contribution in [0.15, 0.2) is 77.5 Å². The minimum atomic E-state index is -4.48. The summed E-state index contributed by atoms with van der Waals surface area (Å²) in [6, 6.07) is 14.6. The summed E-state index contributed by atoms with van der Waals surface area (Å²) in [5.74, 6) is -1.31. The standard InChI is InChI=1S/C36H30F6N4O4/c1-19-4-5-21(14-25(19)31(47)46-35(33-44-12-3-13-45-33)17-24(18-35)49-34(38)39)26-16-27-28(15-22(26)10-11-36(40,41)42)50-30(29(27)32(48)43-2)20-6-8-23(37)9-7-20/h3-9,12-16,24,34H,10-11,17-18H2,1-2H3,(H,43,48)(H,46,47). The van der Waals surface area contributed by atoms with Crippen LogP contribution in [0.25, 0.3) is 33.4 Å². The van der Waals surface area contributed by atoms with Gasteiger partial charge in [-0.2, -0.15) is 22.0 Å². The molecule has 0 radical (unpaired) electrons. The zero-order chi connectivity index (χ0) is 35.8. The number of amides is 2.